The van der Waals surface area contributed by atoms with Gasteiger partial charge in [0.25, 0.3) is 0 Å². The molecule has 1 aliphatic rings. The molecule has 1 saturated carbocycles. The van der Waals surface area contributed by atoms with E-state index in [1.54, 1.807) is 14.0 Å². The SMILES string of the molecule is COCCC(C)(O)CNC(=O)C1CCCCC1(C)C. The highest BCUT2D eigenvalue weighted by molar-refractivity contribution is 5.79. The van der Waals surface area contributed by atoms with Gasteiger partial charge in [0.2, 0.25) is 5.91 Å². The van der Waals surface area contributed by atoms with Crippen LogP contribution in [0.4, 0.5) is 0 Å². The van der Waals surface area contributed by atoms with Crippen molar-refractivity contribution >= 4 is 5.91 Å². The van der Waals surface area contributed by atoms with E-state index in [0.717, 1.165) is 19.3 Å². The summed E-state index contributed by atoms with van der Waals surface area (Å²) in [6, 6.07) is 0. The highest BCUT2D eigenvalue weighted by Gasteiger charge is 2.37. The van der Waals surface area contributed by atoms with Gasteiger partial charge in [-0.3, -0.25) is 4.79 Å². The zero-order chi connectivity index (χ0) is 14.5. The van der Waals surface area contributed by atoms with Crippen LogP contribution in [0.1, 0.15) is 52.9 Å². The Bertz CT molecular complexity index is 300. The van der Waals surface area contributed by atoms with Gasteiger partial charge in [-0.25, -0.2) is 0 Å². The van der Waals surface area contributed by atoms with Crippen molar-refractivity contribution in [2.75, 3.05) is 20.3 Å². The van der Waals surface area contributed by atoms with E-state index >= 15 is 0 Å². The molecule has 2 N–H and O–H groups in total. The predicted octanol–water partition coefficient (Wildman–Crippen LogP) is 2.11. The van der Waals surface area contributed by atoms with E-state index in [9.17, 15) is 9.90 Å². The van der Waals surface area contributed by atoms with E-state index in [0.29, 0.717) is 19.6 Å². The molecule has 0 aromatic rings. The van der Waals surface area contributed by atoms with Gasteiger partial charge in [0.05, 0.1) is 5.60 Å². The number of ether oxygens (including phenoxy) is 1. The third kappa shape index (κ3) is 5.11. The van der Waals surface area contributed by atoms with Crippen LogP contribution in [0.25, 0.3) is 0 Å². The van der Waals surface area contributed by atoms with Crippen molar-refractivity contribution in [1.82, 2.24) is 5.32 Å². The van der Waals surface area contributed by atoms with Crippen molar-refractivity contribution in [2.24, 2.45) is 11.3 Å². The fourth-order valence-corrected chi connectivity index (χ4v) is 2.79. The van der Waals surface area contributed by atoms with Gasteiger partial charge < -0.3 is 15.2 Å². The second-order valence-electron chi connectivity index (χ2n) is 6.74. The Labute approximate surface area is 116 Å². The molecule has 0 heterocycles. The minimum Gasteiger partial charge on any atom is -0.388 e. The summed E-state index contributed by atoms with van der Waals surface area (Å²) in [6.07, 6.45) is 4.92. The molecule has 0 radical (unpaired) electrons. The lowest BCUT2D eigenvalue weighted by atomic mass is 9.68. The molecule has 0 saturated heterocycles. The summed E-state index contributed by atoms with van der Waals surface area (Å²) in [5.41, 5.74) is -0.828. The number of carbonyl (C=O) groups is 1. The number of rotatable bonds is 6. The van der Waals surface area contributed by atoms with Crippen molar-refractivity contribution < 1.29 is 14.6 Å². The average molecular weight is 271 g/mol. The topological polar surface area (TPSA) is 58.6 Å². The molecule has 0 bridgehead atoms. The second-order valence-corrected chi connectivity index (χ2v) is 6.74. The minimum absolute atomic E-state index is 0.0690. The molecule has 19 heavy (non-hydrogen) atoms. The van der Waals surface area contributed by atoms with Gasteiger partial charge in [-0.2, -0.15) is 0 Å². The Balaban J connectivity index is 2.46. The third-order valence-corrected chi connectivity index (χ3v) is 4.31. The van der Waals surface area contributed by atoms with Crippen molar-refractivity contribution in [3.05, 3.63) is 0 Å². The molecule has 1 aliphatic carbocycles. The quantitative estimate of drug-likeness (QED) is 0.778. The van der Waals surface area contributed by atoms with Crippen molar-refractivity contribution in [3.8, 4) is 0 Å². The lowest BCUT2D eigenvalue weighted by Crippen LogP contribution is -2.47. The first-order valence-corrected chi connectivity index (χ1v) is 7.27. The first-order chi connectivity index (χ1) is 8.78. The molecule has 2 unspecified atom stereocenters. The predicted molar refractivity (Wildman–Crippen MR) is 75.9 cm³/mol. The Hall–Kier alpha value is -0.610. The maximum absolute atomic E-state index is 12.3. The molecule has 4 nitrogen and oxygen atoms in total. The van der Waals surface area contributed by atoms with Gasteiger partial charge in [0.15, 0.2) is 0 Å². The van der Waals surface area contributed by atoms with Crippen LogP contribution in [0.15, 0.2) is 0 Å². The molecule has 0 aromatic heterocycles. The normalized spacial score (nSPS) is 25.6. The van der Waals surface area contributed by atoms with Gasteiger partial charge in [0.1, 0.15) is 0 Å². The summed E-state index contributed by atoms with van der Waals surface area (Å²) in [6.45, 7) is 6.86. The first kappa shape index (κ1) is 16.4. The third-order valence-electron chi connectivity index (χ3n) is 4.31. The Kier molecular flexibility index (Phi) is 5.81. The molecule has 2 atom stereocenters. The van der Waals surface area contributed by atoms with Gasteiger partial charge in [0, 0.05) is 32.6 Å². The summed E-state index contributed by atoms with van der Waals surface area (Å²) < 4.78 is 4.96. The van der Waals surface area contributed by atoms with Crippen molar-refractivity contribution in [1.29, 1.82) is 0 Å². The number of amides is 1. The van der Waals surface area contributed by atoms with E-state index in [2.05, 4.69) is 19.2 Å². The monoisotopic (exact) mass is 271 g/mol. The van der Waals surface area contributed by atoms with E-state index in [4.69, 9.17) is 4.74 Å². The standard InChI is InChI=1S/C15H29NO3/c1-14(2)8-6-5-7-12(14)13(17)16-11-15(3,18)9-10-19-4/h12,18H,5-11H2,1-4H3,(H,16,17). The van der Waals surface area contributed by atoms with Crippen molar-refractivity contribution in [2.45, 2.75) is 58.5 Å². The first-order valence-electron chi connectivity index (χ1n) is 7.27. The number of methoxy groups -OCH3 is 1. The molecule has 1 amide bonds. The number of carbonyl (C=O) groups excluding carboxylic acids is 1. The molecule has 0 aliphatic heterocycles. The van der Waals surface area contributed by atoms with Crippen LogP contribution in [-0.2, 0) is 9.53 Å². The molecule has 0 spiro atoms. The zero-order valence-electron chi connectivity index (χ0n) is 12.8. The lowest BCUT2D eigenvalue weighted by Gasteiger charge is -2.38. The van der Waals surface area contributed by atoms with Crippen LogP contribution in [0.3, 0.4) is 0 Å². The van der Waals surface area contributed by atoms with Crippen LogP contribution in [0.5, 0.6) is 0 Å². The zero-order valence-corrected chi connectivity index (χ0v) is 12.8. The van der Waals surface area contributed by atoms with Crippen LogP contribution in [-0.4, -0.2) is 36.9 Å². The minimum atomic E-state index is -0.898. The summed E-state index contributed by atoms with van der Waals surface area (Å²) in [4.78, 5) is 12.3. The summed E-state index contributed by atoms with van der Waals surface area (Å²) in [5, 5.41) is 13.0. The highest BCUT2D eigenvalue weighted by atomic mass is 16.5. The second kappa shape index (κ2) is 6.71. The number of aliphatic hydroxyl groups is 1. The fourth-order valence-electron chi connectivity index (χ4n) is 2.79. The molecule has 112 valence electrons. The van der Waals surface area contributed by atoms with Crippen LogP contribution >= 0.6 is 0 Å². The average Bonchev–Trinajstić information content (AvgIpc) is 2.33. The summed E-state index contributed by atoms with van der Waals surface area (Å²) >= 11 is 0. The molecule has 1 rings (SSSR count). The molecular formula is C15H29NO3. The largest absolute Gasteiger partial charge is 0.388 e. The van der Waals surface area contributed by atoms with Gasteiger partial charge >= 0.3 is 0 Å². The smallest absolute Gasteiger partial charge is 0.223 e. The lowest BCUT2D eigenvalue weighted by molar-refractivity contribution is -0.131. The highest BCUT2D eigenvalue weighted by Crippen LogP contribution is 2.40. The maximum atomic E-state index is 12.3. The molecular weight excluding hydrogens is 242 g/mol. The van der Waals surface area contributed by atoms with Gasteiger partial charge in [-0.15, -0.1) is 0 Å². The molecule has 1 fully saturated rings. The van der Waals surface area contributed by atoms with Crippen molar-refractivity contribution in [3.63, 3.8) is 0 Å². The van der Waals surface area contributed by atoms with E-state index in [-0.39, 0.29) is 17.2 Å². The summed E-state index contributed by atoms with van der Waals surface area (Å²) in [5.74, 6) is 0.155. The van der Waals surface area contributed by atoms with Crippen LogP contribution in [0, 0.1) is 11.3 Å². The van der Waals surface area contributed by atoms with E-state index in [1.807, 2.05) is 0 Å². The Morgan fingerprint density at radius 2 is 2.16 bits per heavy atom. The van der Waals surface area contributed by atoms with Crippen LogP contribution < -0.4 is 5.32 Å². The maximum Gasteiger partial charge on any atom is 0.223 e. The van der Waals surface area contributed by atoms with E-state index in [1.165, 1.54) is 6.42 Å². The number of hydrogen-bond donors (Lipinski definition) is 2. The Morgan fingerprint density at radius 1 is 1.47 bits per heavy atom. The number of hydrogen-bond acceptors (Lipinski definition) is 3. The summed E-state index contributed by atoms with van der Waals surface area (Å²) in [7, 11) is 1.61. The number of nitrogens with one attached hydrogen (secondary N) is 1. The van der Waals surface area contributed by atoms with Crippen LogP contribution in [0.2, 0.25) is 0 Å². The molecule has 4 heteroatoms. The van der Waals surface area contributed by atoms with E-state index < -0.39 is 5.60 Å². The van der Waals surface area contributed by atoms with Gasteiger partial charge in [-0.05, 0) is 25.2 Å². The molecule has 0 aromatic carbocycles. The fraction of sp³-hybridized carbons (Fsp3) is 0.933. The van der Waals surface area contributed by atoms with Gasteiger partial charge in [-0.1, -0.05) is 26.7 Å². The Morgan fingerprint density at radius 3 is 2.74 bits per heavy atom.